The van der Waals surface area contributed by atoms with E-state index < -0.39 is 60.7 Å². The van der Waals surface area contributed by atoms with Gasteiger partial charge in [0.2, 0.25) is 11.9 Å². The number of nitrogens with two attached hydrogens (primary N) is 2. The number of aromatic amines is 2. The minimum absolute atomic E-state index is 0.0171. The SMILES string of the molecule is Nc1nc2c(ncn2C2C[C@H](O)[C@@H](CO)O2)c(=O)[nH]1.Nc1nc2c(ncn2[C@@H]2O[C@H](CO)[C@@H](O)[C@H]2O)c(=O)[nH]1. The summed E-state index contributed by atoms with van der Waals surface area (Å²) in [5.74, 6) is -0.118. The monoisotopic (exact) mass is 550 g/mol. The van der Waals surface area contributed by atoms with Crippen LogP contribution in [0.3, 0.4) is 0 Å². The smallest absolute Gasteiger partial charge is 0.280 e. The molecule has 1 unspecified atom stereocenters. The Labute approximate surface area is 216 Å². The van der Waals surface area contributed by atoms with Crippen LogP contribution in [0.25, 0.3) is 22.3 Å². The van der Waals surface area contributed by atoms with Crippen LogP contribution in [0.4, 0.5) is 11.9 Å². The first-order valence-electron chi connectivity index (χ1n) is 11.6. The summed E-state index contributed by atoms with van der Waals surface area (Å²) in [6.07, 6.45) is -3.48. The van der Waals surface area contributed by atoms with Crippen LogP contribution in [-0.4, -0.2) is 108 Å². The van der Waals surface area contributed by atoms with Crippen molar-refractivity contribution >= 4 is 34.2 Å². The normalized spacial score (nSPS) is 28.7. The summed E-state index contributed by atoms with van der Waals surface area (Å²) in [5.41, 5.74) is 10.6. The van der Waals surface area contributed by atoms with Gasteiger partial charge in [0.15, 0.2) is 28.6 Å². The Morgan fingerprint density at radius 1 is 0.846 bits per heavy atom. The first-order chi connectivity index (χ1) is 18.6. The number of nitrogens with zero attached hydrogens (tertiary/aromatic N) is 6. The summed E-state index contributed by atoms with van der Waals surface area (Å²) in [7, 11) is 0. The van der Waals surface area contributed by atoms with Gasteiger partial charge in [0, 0.05) is 6.42 Å². The predicted molar refractivity (Wildman–Crippen MR) is 130 cm³/mol. The summed E-state index contributed by atoms with van der Waals surface area (Å²) in [6, 6.07) is 0. The second-order valence-electron chi connectivity index (χ2n) is 8.89. The maximum absolute atomic E-state index is 11.7. The molecule has 2 aliphatic rings. The lowest BCUT2D eigenvalue weighted by Gasteiger charge is -2.16. The standard InChI is InChI=1S/C10H13N5O5.C10H13N5O4/c11-10-13-7-4(8(19)14-10)12-2-15(7)9-6(18)5(17)3(1-16)20-9;11-10-13-8-7(9(18)14-10)12-3-15(8)6-1-4(17)5(2-16)19-6/h2-3,5-6,9,16-18H,1H2,(H3,11,13,14,19);3-6,16-17H,1-2H2,(H3,11,13,14,18)/t3-,5-,6-,9-;4-,5+,6?/m10/s1. The second kappa shape index (κ2) is 10.3. The van der Waals surface area contributed by atoms with Gasteiger partial charge in [-0.25, -0.2) is 9.97 Å². The molecule has 19 heteroatoms. The molecule has 0 aliphatic carbocycles. The minimum atomic E-state index is -1.29. The molecule has 0 radical (unpaired) electrons. The molecule has 19 nitrogen and oxygen atoms in total. The fourth-order valence-corrected chi connectivity index (χ4v) is 4.44. The number of nitrogen functional groups attached to an aromatic ring is 2. The molecule has 4 aromatic rings. The average molecular weight is 550 g/mol. The van der Waals surface area contributed by atoms with Gasteiger partial charge in [0.05, 0.1) is 32.0 Å². The van der Waals surface area contributed by atoms with Gasteiger partial charge < -0.3 is 46.5 Å². The number of aromatic nitrogens is 8. The third kappa shape index (κ3) is 4.71. The molecule has 11 N–H and O–H groups in total. The van der Waals surface area contributed by atoms with Gasteiger partial charge in [-0.3, -0.25) is 28.7 Å². The summed E-state index contributed by atoms with van der Waals surface area (Å²) >= 11 is 0. The zero-order chi connectivity index (χ0) is 28.0. The van der Waals surface area contributed by atoms with Gasteiger partial charge >= 0.3 is 0 Å². The molecular weight excluding hydrogens is 524 g/mol. The quantitative estimate of drug-likeness (QED) is 0.116. The number of hydrogen-bond acceptors (Lipinski definition) is 15. The zero-order valence-electron chi connectivity index (χ0n) is 20.0. The Morgan fingerprint density at radius 3 is 1.90 bits per heavy atom. The predicted octanol–water partition coefficient (Wildman–Crippen LogP) is -4.34. The van der Waals surface area contributed by atoms with E-state index in [1.54, 1.807) is 0 Å². The number of anilines is 2. The highest BCUT2D eigenvalue weighted by Gasteiger charge is 2.44. The van der Waals surface area contributed by atoms with Crippen molar-refractivity contribution in [1.82, 2.24) is 39.0 Å². The Kier molecular flexibility index (Phi) is 7.03. The highest BCUT2D eigenvalue weighted by Crippen LogP contribution is 2.31. The van der Waals surface area contributed by atoms with E-state index in [4.69, 9.17) is 31.2 Å². The highest BCUT2D eigenvalue weighted by atomic mass is 16.6. The molecule has 0 bridgehead atoms. The van der Waals surface area contributed by atoms with Gasteiger partial charge in [0.25, 0.3) is 11.1 Å². The van der Waals surface area contributed by atoms with Gasteiger partial charge in [-0.1, -0.05) is 0 Å². The maximum Gasteiger partial charge on any atom is 0.280 e. The van der Waals surface area contributed by atoms with Crippen molar-refractivity contribution in [3.05, 3.63) is 33.4 Å². The van der Waals surface area contributed by atoms with Crippen molar-refractivity contribution in [3.8, 4) is 0 Å². The third-order valence-electron chi connectivity index (χ3n) is 6.39. The number of hydrogen-bond donors (Lipinski definition) is 9. The van der Waals surface area contributed by atoms with Crippen molar-refractivity contribution in [2.45, 2.75) is 49.4 Å². The highest BCUT2D eigenvalue weighted by molar-refractivity contribution is 5.71. The van der Waals surface area contributed by atoms with Gasteiger partial charge in [-0.15, -0.1) is 0 Å². The van der Waals surface area contributed by atoms with E-state index in [1.807, 2.05) is 0 Å². The van der Waals surface area contributed by atoms with E-state index in [1.165, 1.54) is 21.8 Å². The Balaban J connectivity index is 0.000000158. The molecule has 7 atom stereocenters. The van der Waals surface area contributed by atoms with Gasteiger partial charge in [0.1, 0.15) is 30.6 Å². The molecule has 4 aromatic heterocycles. The van der Waals surface area contributed by atoms with Crippen molar-refractivity contribution < 1.29 is 35.0 Å². The first-order valence-corrected chi connectivity index (χ1v) is 11.6. The van der Waals surface area contributed by atoms with Crippen LogP contribution >= 0.6 is 0 Å². The fourth-order valence-electron chi connectivity index (χ4n) is 4.44. The largest absolute Gasteiger partial charge is 0.394 e. The van der Waals surface area contributed by atoms with E-state index in [0.29, 0.717) is 0 Å². The molecule has 2 aliphatic heterocycles. The number of aliphatic hydroxyl groups excluding tert-OH is 5. The lowest BCUT2D eigenvalue weighted by Crippen LogP contribution is -2.33. The molecule has 0 spiro atoms. The summed E-state index contributed by atoms with van der Waals surface area (Å²) in [5, 5.41) is 47.5. The van der Waals surface area contributed by atoms with Crippen LogP contribution in [0.1, 0.15) is 18.9 Å². The third-order valence-corrected chi connectivity index (χ3v) is 6.39. The number of fused-ring (bicyclic) bond motifs is 2. The van der Waals surface area contributed by atoms with Crippen LogP contribution in [0.5, 0.6) is 0 Å². The molecule has 6 heterocycles. The van der Waals surface area contributed by atoms with Crippen molar-refractivity contribution in [2.75, 3.05) is 24.7 Å². The number of ether oxygens (including phenoxy) is 2. The van der Waals surface area contributed by atoms with Crippen LogP contribution in [0.15, 0.2) is 22.2 Å². The van der Waals surface area contributed by atoms with E-state index in [-0.39, 0.29) is 47.3 Å². The Hall–Kier alpha value is -3.98. The van der Waals surface area contributed by atoms with Crippen molar-refractivity contribution in [2.24, 2.45) is 0 Å². The van der Waals surface area contributed by atoms with Crippen LogP contribution < -0.4 is 22.6 Å². The van der Waals surface area contributed by atoms with Crippen molar-refractivity contribution in [1.29, 1.82) is 0 Å². The minimum Gasteiger partial charge on any atom is -0.394 e. The van der Waals surface area contributed by atoms with Gasteiger partial charge in [-0.2, -0.15) is 9.97 Å². The lowest BCUT2D eigenvalue weighted by molar-refractivity contribution is -0.0511. The number of nitrogens with one attached hydrogen (secondary N) is 2. The average Bonchev–Trinajstić information content (AvgIpc) is 3.65. The molecule has 6 rings (SSSR count). The molecule has 2 saturated heterocycles. The fraction of sp³-hybridized carbons (Fsp3) is 0.500. The Bertz CT molecular complexity index is 1600. The van der Waals surface area contributed by atoms with Gasteiger partial charge in [-0.05, 0) is 0 Å². The summed E-state index contributed by atoms with van der Waals surface area (Å²) in [4.78, 5) is 43.7. The topological polar surface area (TPSA) is 299 Å². The molecule has 210 valence electrons. The van der Waals surface area contributed by atoms with Crippen molar-refractivity contribution in [3.63, 3.8) is 0 Å². The van der Waals surface area contributed by atoms with E-state index >= 15 is 0 Å². The molecule has 2 fully saturated rings. The first kappa shape index (κ1) is 26.6. The van der Waals surface area contributed by atoms with E-state index in [2.05, 4.69) is 29.9 Å². The molecular formula is C20H26N10O9. The van der Waals surface area contributed by atoms with Crippen LogP contribution in [0, 0.1) is 0 Å². The lowest BCUT2D eigenvalue weighted by atomic mass is 10.1. The van der Waals surface area contributed by atoms with E-state index in [0.717, 1.165) is 0 Å². The van der Waals surface area contributed by atoms with Crippen LogP contribution in [-0.2, 0) is 9.47 Å². The Morgan fingerprint density at radius 2 is 1.38 bits per heavy atom. The van der Waals surface area contributed by atoms with E-state index in [9.17, 15) is 24.9 Å². The number of aliphatic hydroxyl groups is 5. The number of imidazole rings is 2. The molecule has 0 amide bonds. The zero-order valence-corrected chi connectivity index (χ0v) is 20.0. The molecule has 39 heavy (non-hydrogen) atoms. The molecule has 0 saturated carbocycles. The van der Waals surface area contributed by atoms with Crippen LogP contribution in [0.2, 0.25) is 0 Å². The summed E-state index contributed by atoms with van der Waals surface area (Å²) in [6.45, 7) is -0.724. The number of H-pyrrole nitrogens is 2. The number of rotatable bonds is 4. The maximum atomic E-state index is 11.7. The molecule has 0 aromatic carbocycles. The second-order valence-corrected chi connectivity index (χ2v) is 8.89. The summed E-state index contributed by atoms with van der Waals surface area (Å²) < 4.78 is 13.7.